The SMILES string of the molecule is CC(C)c1ccc(C(O)c2cc(F)ccc2Cl)cc1. The van der Waals surface area contributed by atoms with Gasteiger partial charge in [0.15, 0.2) is 0 Å². The van der Waals surface area contributed by atoms with Gasteiger partial charge in [-0.25, -0.2) is 4.39 Å². The second-order valence-electron chi connectivity index (χ2n) is 4.89. The first-order valence-corrected chi connectivity index (χ1v) is 6.59. The van der Waals surface area contributed by atoms with E-state index in [2.05, 4.69) is 13.8 Å². The predicted octanol–water partition coefficient (Wildman–Crippen LogP) is 4.68. The minimum Gasteiger partial charge on any atom is -0.384 e. The third-order valence-electron chi connectivity index (χ3n) is 3.17. The number of hydrogen-bond donors (Lipinski definition) is 1. The van der Waals surface area contributed by atoms with Gasteiger partial charge in [-0.05, 0) is 35.2 Å². The van der Waals surface area contributed by atoms with Crippen LogP contribution in [0.5, 0.6) is 0 Å². The van der Waals surface area contributed by atoms with Crippen LogP contribution in [-0.2, 0) is 0 Å². The Bertz CT molecular complexity index is 563. The third kappa shape index (κ3) is 3.14. The highest BCUT2D eigenvalue weighted by Crippen LogP contribution is 2.29. The number of hydrogen-bond acceptors (Lipinski definition) is 1. The van der Waals surface area contributed by atoms with Gasteiger partial charge >= 0.3 is 0 Å². The lowest BCUT2D eigenvalue weighted by Crippen LogP contribution is -2.01. The van der Waals surface area contributed by atoms with Gasteiger partial charge in [-0.3, -0.25) is 0 Å². The molecule has 0 bridgehead atoms. The fraction of sp³-hybridized carbons (Fsp3) is 0.250. The minimum atomic E-state index is -0.913. The molecule has 19 heavy (non-hydrogen) atoms. The van der Waals surface area contributed by atoms with Crippen molar-refractivity contribution in [1.82, 2.24) is 0 Å². The molecule has 0 heterocycles. The molecule has 0 aliphatic heterocycles. The Morgan fingerprint density at radius 1 is 1.00 bits per heavy atom. The molecule has 0 saturated carbocycles. The van der Waals surface area contributed by atoms with Crippen molar-refractivity contribution in [3.63, 3.8) is 0 Å². The summed E-state index contributed by atoms with van der Waals surface area (Å²) in [5.41, 5.74) is 2.29. The zero-order valence-electron chi connectivity index (χ0n) is 10.9. The highest BCUT2D eigenvalue weighted by atomic mass is 35.5. The summed E-state index contributed by atoms with van der Waals surface area (Å²) in [6.07, 6.45) is -0.913. The molecular weight excluding hydrogens is 263 g/mol. The van der Waals surface area contributed by atoms with Crippen molar-refractivity contribution in [1.29, 1.82) is 0 Å². The molecule has 0 aromatic heterocycles. The first-order valence-electron chi connectivity index (χ1n) is 6.22. The molecule has 2 rings (SSSR count). The molecule has 0 aliphatic rings. The van der Waals surface area contributed by atoms with E-state index in [1.807, 2.05) is 24.3 Å². The first-order chi connectivity index (χ1) is 8.99. The van der Waals surface area contributed by atoms with Crippen LogP contribution in [0.3, 0.4) is 0 Å². The molecule has 2 aromatic carbocycles. The normalized spacial score (nSPS) is 12.7. The maximum atomic E-state index is 13.2. The highest BCUT2D eigenvalue weighted by Gasteiger charge is 2.15. The molecule has 0 saturated heterocycles. The predicted molar refractivity (Wildman–Crippen MR) is 76.0 cm³/mol. The van der Waals surface area contributed by atoms with Crippen LogP contribution in [0.25, 0.3) is 0 Å². The van der Waals surface area contributed by atoms with Crippen molar-refractivity contribution in [2.45, 2.75) is 25.9 Å². The summed E-state index contributed by atoms with van der Waals surface area (Å²) in [5.74, 6) is 0.0289. The Labute approximate surface area is 117 Å². The first kappa shape index (κ1) is 14.0. The van der Waals surface area contributed by atoms with Crippen LogP contribution >= 0.6 is 11.6 Å². The molecule has 2 aromatic rings. The van der Waals surface area contributed by atoms with Crippen molar-refractivity contribution in [3.05, 3.63) is 70.0 Å². The van der Waals surface area contributed by atoms with Crippen LogP contribution < -0.4 is 0 Å². The Hall–Kier alpha value is -1.38. The van der Waals surface area contributed by atoms with Crippen molar-refractivity contribution in [2.75, 3.05) is 0 Å². The summed E-state index contributed by atoms with van der Waals surface area (Å²) in [7, 11) is 0. The lowest BCUT2D eigenvalue weighted by atomic mass is 9.97. The van der Waals surface area contributed by atoms with Gasteiger partial charge in [0.25, 0.3) is 0 Å². The number of benzene rings is 2. The zero-order chi connectivity index (χ0) is 14.0. The number of aliphatic hydroxyl groups excluding tert-OH is 1. The second kappa shape index (κ2) is 5.72. The van der Waals surface area contributed by atoms with Gasteiger partial charge in [-0.1, -0.05) is 49.7 Å². The van der Waals surface area contributed by atoms with E-state index in [0.717, 1.165) is 0 Å². The molecule has 0 amide bonds. The van der Waals surface area contributed by atoms with Gasteiger partial charge < -0.3 is 5.11 Å². The molecule has 3 heteroatoms. The van der Waals surface area contributed by atoms with Gasteiger partial charge in [0.05, 0.1) is 0 Å². The van der Waals surface area contributed by atoms with Crippen molar-refractivity contribution in [3.8, 4) is 0 Å². The molecule has 0 aliphatic carbocycles. The molecular formula is C16H16ClFO. The smallest absolute Gasteiger partial charge is 0.123 e. The van der Waals surface area contributed by atoms with E-state index in [1.54, 1.807) is 0 Å². The molecule has 0 radical (unpaired) electrons. The van der Waals surface area contributed by atoms with Crippen LogP contribution in [-0.4, -0.2) is 5.11 Å². The van der Waals surface area contributed by atoms with Crippen LogP contribution in [0.15, 0.2) is 42.5 Å². The average molecular weight is 279 g/mol. The molecule has 1 nitrogen and oxygen atoms in total. The lowest BCUT2D eigenvalue weighted by Gasteiger charge is -2.14. The van der Waals surface area contributed by atoms with E-state index in [-0.39, 0.29) is 0 Å². The zero-order valence-corrected chi connectivity index (χ0v) is 11.7. The Kier molecular flexibility index (Phi) is 4.23. The molecule has 1 atom stereocenters. The van der Waals surface area contributed by atoms with Crippen molar-refractivity contribution >= 4 is 11.6 Å². The van der Waals surface area contributed by atoms with Crippen molar-refractivity contribution in [2.24, 2.45) is 0 Å². The molecule has 100 valence electrons. The number of aliphatic hydroxyl groups is 1. The summed E-state index contributed by atoms with van der Waals surface area (Å²) in [5, 5.41) is 10.6. The van der Waals surface area contributed by atoms with Crippen LogP contribution in [0.1, 0.15) is 42.6 Å². The number of halogens is 2. The van der Waals surface area contributed by atoms with Gasteiger partial charge in [-0.2, -0.15) is 0 Å². The quantitative estimate of drug-likeness (QED) is 0.864. The van der Waals surface area contributed by atoms with Gasteiger partial charge in [0.2, 0.25) is 0 Å². The maximum Gasteiger partial charge on any atom is 0.123 e. The fourth-order valence-electron chi connectivity index (χ4n) is 1.97. The van der Waals surface area contributed by atoms with E-state index >= 15 is 0 Å². The molecule has 0 fully saturated rings. The lowest BCUT2D eigenvalue weighted by molar-refractivity contribution is 0.220. The van der Waals surface area contributed by atoms with Gasteiger partial charge in [0, 0.05) is 10.6 Å². The Morgan fingerprint density at radius 2 is 1.58 bits per heavy atom. The fourth-order valence-corrected chi connectivity index (χ4v) is 2.19. The van der Waals surface area contributed by atoms with E-state index < -0.39 is 11.9 Å². The Morgan fingerprint density at radius 3 is 2.16 bits per heavy atom. The Balaban J connectivity index is 2.33. The van der Waals surface area contributed by atoms with E-state index in [4.69, 9.17) is 11.6 Å². The molecule has 0 spiro atoms. The monoisotopic (exact) mass is 278 g/mol. The summed E-state index contributed by atoms with van der Waals surface area (Å²) in [4.78, 5) is 0. The minimum absolute atomic E-state index is 0.363. The summed E-state index contributed by atoms with van der Waals surface area (Å²) in [6.45, 7) is 4.21. The summed E-state index contributed by atoms with van der Waals surface area (Å²) >= 11 is 6.00. The molecule has 1 N–H and O–H groups in total. The second-order valence-corrected chi connectivity index (χ2v) is 5.30. The van der Waals surface area contributed by atoms with Gasteiger partial charge in [0.1, 0.15) is 11.9 Å². The standard InChI is InChI=1S/C16H16ClFO/c1-10(2)11-3-5-12(6-4-11)16(19)14-9-13(18)7-8-15(14)17/h3-10,16,19H,1-2H3. The van der Waals surface area contributed by atoms with E-state index in [0.29, 0.717) is 22.1 Å². The molecule has 1 unspecified atom stereocenters. The topological polar surface area (TPSA) is 20.2 Å². The van der Waals surface area contributed by atoms with E-state index in [1.165, 1.54) is 23.8 Å². The van der Waals surface area contributed by atoms with Crippen LogP contribution in [0.4, 0.5) is 4.39 Å². The van der Waals surface area contributed by atoms with Crippen LogP contribution in [0.2, 0.25) is 5.02 Å². The van der Waals surface area contributed by atoms with Gasteiger partial charge in [-0.15, -0.1) is 0 Å². The summed E-state index contributed by atoms with van der Waals surface area (Å²) < 4.78 is 13.2. The largest absolute Gasteiger partial charge is 0.384 e. The van der Waals surface area contributed by atoms with E-state index in [9.17, 15) is 9.50 Å². The van der Waals surface area contributed by atoms with Crippen LogP contribution in [0, 0.1) is 5.82 Å². The van der Waals surface area contributed by atoms with Crippen molar-refractivity contribution < 1.29 is 9.50 Å². The average Bonchev–Trinajstić information content (AvgIpc) is 2.41. The third-order valence-corrected chi connectivity index (χ3v) is 3.52. The highest BCUT2D eigenvalue weighted by molar-refractivity contribution is 6.31. The number of rotatable bonds is 3. The maximum absolute atomic E-state index is 13.2. The summed E-state index contributed by atoms with van der Waals surface area (Å²) in [6, 6.07) is 11.6.